The molecule has 1 atom stereocenters. The minimum Gasteiger partial charge on any atom is -0.480 e. The van der Waals surface area contributed by atoms with Crippen molar-refractivity contribution < 1.29 is 29.3 Å². The Hall–Kier alpha value is -3.89. The van der Waals surface area contributed by atoms with Crippen LogP contribution in [0.3, 0.4) is 0 Å². The smallest absolute Gasteiger partial charge is 0.329 e. The highest BCUT2D eigenvalue weighted by molar-refractivity contribution is 5.76. The van der Waals surface area contributed by atoms with Gasteiger partial charge in [-0.1, -0.05) is 84.9 Å². The van der Waals surface area contributed by atoms with Crippen molar-refractivity contribution in [3.8, 4) is 11.1 Å². The van der Waals surface area contributed by atoms with Crippen LogP contribution < -0.4 is 17.2 Å². The molecule has 1 unspecified atom stereocenters. The number of rotatable bonds is 10. The SMILES string of the molecule is COCC(=O)O.NCCCC(N)C(=O)O.NCCc1ccccc1.O=Cc1ccc(-c2ccccc2)cc1. The Labute approximate surface area is 224 Å². The molecule has 0 bridgehead atoms. The van der Waals surface area contributed by atoms with E-state index < -0.39 is 18.0 Å². The van der Waals surface area contributed by atoms with E-state index in [2.05, 4.69) is 29.0 Å². The van der Waals surface area contributed by atoms with Gasteiger partial charge in [-0.2, -0.15) is 0 Å². The first-order valence-corrected chi connectivity index (χ1v) is 12.0. The van der Waals surface area contributed by atoms with Crippen LogP contribution in [0.2, 0.25) is 0 Å². The normalized spacial score (nSPS) is 10.2. The molecule has 0 amide bonds. The van der Waals surface area contributed by atoms with Gasteiger partial charge in [-0.15, -0.1) is 0 Å². The molecule has 0 aliphatic carbocycles. The molecule has 0 fully saturated rings. The molecule has 0 aromatic heterocycles. The van der Waals surface area contributed by atoms with Gasteiger partial charge < -0.3 is 32.2 Å². The average molecular weight is 526 g/mol. The van der Waals surface area contributed by atoms with Crippen LogP contribution in [0.4, 0.5) is 0 Å². The van der Waals surface area contributed by atoms with Gasteiger partial charge in [0.25, 0.3) is 0 Å². The van der Waals surface area contributed by atoms with Crippen molar-refractivity contribution in [2.24, 2.45) is 17.2 Å². The van der Waals surface area contributed by atoms with Crippen molar-refractivity contribution in [2.75, 3.05) is 26.8 Å². The lowest BCUT2D eigenvalue weighted by atomic mass is 10.0. The van der Waals surface area contributed by atoms with E-state index in [1.54, 1.807) is 0 Å². The fourth-order valence-electron chi connectivity index (χ4n) is 2.78. The van der Waals surface area contributed by atoms with E-state index in [1.165, 1.54) is 18.2 Å². The summed E-state index contributed by atoms with van der Waals surface area (Å²) in [5.74, 6) is -1.89. The van der Waals surface area contributed by atoms with Crippen molar-refractivity contribution in [1.29, 1.82) is 0 Å². The number of ether oxygens (including phenoxy) is 1. The molecule has 3 aromatic rings. The lowest BCUT2D eigenvalue weighted by Gasteiger charge is -2.02. The van der Waals surface area contributed by atoms with Crippen LogP contribution in [0, 0.1) is 0 Å². The third-order valence-electron chi connectivity index (χ3n) is 4.73. The highest BCUT2D eigenvalue weighted by Gasteiger charge is 2.08. The van der Waals surface area contributed by atoms with Crippen molar-refractivity contribution in [2.45, 2.75) is 25.3 Å². The molecule has 0 spiro atoms. The fourth-order valence-corrected chi connectivity index (χ4v) is 2.78. The van der Waals surface area contributed by atoms with E-state index in [9.17, 15) is 14.4 Å². The van der Waals surface area contributed by atoms with Crippen LogP contribution in [-0.2, 0) is 20.7 Å². The van der Waals surface area contributed by atoms with Crippen molar-refractivity contribution in [3.63, 3.8) is 0 Å². The van der Waals surface area contributed by atoms with Crippen LogP contribution in [0.15, 0.2) is 84.9 Å². The van der Waals surface area contributed by atoms with E-state index >= 15 is 0 Å². The second kappa shape index (κ2) is 22.3. The highest BCUT2D eigenvalue weighted by atomic mass is 16.5. The molecular formula is C29H39N3O6. The Kier molecular flexibility index (Phi) is 20.0. The van der Waals surface area contributed by atoms with Gasteiger partial charge in [-0.05, 0) is 49.0 Å². The summed E-state index contributed by atoms with van der Waals surface area (Å²) >= 11 is 0. The van der Waals surface area contributed by atoms with Gasteiger partial charge in [0.2, 0.25) is 0 Å². The number of carbonyl (C=O) groups excluding carboxylic acids is 1. The molecule has 38 heavy (non-hydrogen) atoms. The minimum absolute atomic E-state index is 0.208. The number of nitrogens with two attached hydrogens (primary N) is 3. The second-order valence-corrected chi connectivity index (χ2v) is 7.83. The zero-order chi connectivity index (χ0) is 28.6. The number of carboxylic acid groups (broad SMARTS) is 2. The number of benzene rings is 3. The first-order valence-electron chi connectivity index (χ1n) is 12.0. The van der Waals surface area contributed by atoms with E-state index in [-0.39, 0.29) is 6.61 Å². The van der Waals surface area contributed by atoms with Crippen LogP contribution in [0.5, 0.6) is 0 Å². The number of aliphatic carboxylic acids is 2. The maximum Gasteiger partial charge on any atom is 0.329 e. The number of hydrogen-bond acceptors (Lipinski definition) is 7. The molecule has 0 saturated carbocycles. The maximum absolute atomic E-state index is 10.5. The molecule has 9 nitrogen and oxygen atoms in total. The van der Waals surface area contributed by atoms with Crippen molar-refractivity contribution >= 4 is 18.2 Å². The van der Waals surface area contributed by atoms with E-state index in [0.29, 0.717) is 24.9 Å². The molecule has 0 radical (unpaired) electrons. The van der Waals surface area contributed by atoms with Crippen molar-refractivity contribution in [3.05, 3.63) is 96.1 Å². The standard InChI is InChI=1S/C13H10O.C8H11N.C5H12N2O2.C3H6O3/c14-10-11-6-8-13(9-7-11)12-4-2-1-3-5-12;9-7-6-8-4-2-1-3-5-8;6-3-1-2-4(7)5(8)9;1-6-2-3(4)5/h1-10H;1-5H,6-7,9H2;4H,1-3,6-7H2,(H,8,9);2H2,1H3,(H,4,5). The molecule has 8 N–H and O–H groups in total. The minimum atomic E-state index is -0.955. The molecular weight excluding hydrogens is 486 g/mol. The Morgan fingerprint density at radius 1 is 0.842 bits per heavy atom. The maximum atomic E-state index is 10.5. The quantitative estimate of drug-likeness (QED) is 0.248. The highest BCUT2D eigenvalue weighted by Crippen LogP contribution is 2.18. The van der Waals surface area contributed by atoms with E-state index in [0.717, 1.165) is 24.8 Å². The molecule has 3 aromatic carbocycles. The first-order chi connectivity index (χ1) is 18.3. The third-order valence-corrected chi connectivity index (χ3v) is 4.73. The number of hydrogen-bond donors (Lipinski definition) is 5. The first kappa shape index (κ1) is 34.1. The Morgan fingerprint density at radius 3 is 1.76 bits per heavy atom. The zero-order valence-electron chi connectivity index (χ0n) is 21.7. The molecule has 206 valence electrons. The summed E-state index contributed by atoms with van der Waals surface area (Å²) in [7, 11) is 1.34. The summed E-state index contributed by atoms with van der Waals surface area (Å²) in [4.78, 5) is 30.0. The Balaban J connectivity index is 0.000000506. The largest absolute Gasteiger partial charge is 0.480 e. The van der Waals surface area contributed by atoms with E-state index in [1.807, 2.05) is 60.7 Å². The third kappa shape index (κ3) is 17.5. The average Bonchev–Trinajstić information content (AvgIpc) is 2.94. The summed E-state index contributed by atoms with van der Waals surface area (Å²) in [5.41, 5.74) is 20.0. The van der Waals surface area contributed by atoms with Gasteiger partial charge in [0, 0.05) is 12.7 Å². The summed E-state index contributed by atoms with van der Waals surface area (Å²) in [6, 6.07) is 27.2. The predicted molar refractivity (Wildman–Crippen MR) is 150 cm³/mol. The molecule has 0 aliphatic heterocycles. The van der Waals surface area contributed by atoms with Gasteiger partial charge in [-0.25, -0.2) is 4.79 Å². The zero-order valence-corrected chi connectivity index (χ0v) is 21.7. The fraction of sp³-hybridized carbons (Fsp3) is 0.276. The summed E-state index contributed by atoms with van der Waals surface area (Å²) < 4.78 is 4.20. The topological polar surface area (TPSA) is 179 Å². The molecule has 0 saturated heterocycles. The van der Waals surface area contributed by atoms with Gasteiger partial charge in [0.15, 0.2) is 0 Å². The molecule has 9 heteroatoms. The number of aldehydes is 1. The van der Waals surface area contributed by atoms with Gasteiger partial charge in [0.1, 0.15) is 18.9 Å². The van der Waals surface area contributed by atoms with Crippen LogP contribution in [0.1, 0.15) is 28.8 Å². The summed E-state index contributed by atoms with van der Waals surface area (Å²) in [6.45, 7) is 1.03. The Morgan fingerprint density at radius 2 is 1.37 bits per heavy atom. The van der Waals surface area contributed by atoms with Crippen LogP contribution in [-0.4, -0.2) is 61.3 Å². The lowest BCUT2D eigenvalue weighted by molar-refractivity contribution is -0.141. The van der Waals surface area contributed by atoms with Crippen LogP contribution in [0.25, 0.3) is 11.1 Å². The second-order valence-electron chi connectivity index (χ2n) is 7.83. The van der Waals surface area contributed by atoms with Gasteiger partial charge in [-0.3, -0.25) is 9.59 Å². The van der Waals surface area contributed by atoms with Crippen LogP contribution >= 0.6 is 0 Å². The van der Waals surface area contributed by atoms with Gasteiger partial charge in [0.05, 0.1) is 0 Å². The predicted octanol–water partition coefficient (Wildman–Crippen LogP) is 3.21. The molecule has 3 rings (SSSR count). The van der Waals surface area contributed by atoms with Crippen molar-refractivity contribution in [1.82, 2.24) is 0 Å². The number of carbonyl (C=O) groups is 3. The Bertz CT molecular complexity index is 1020. The summed E-state index contributed by atoms with van der Waals surface area (Å²) in [6.07, 6.45) is 2.98. The van der Waals surface area contributed by atoms with Gasteiger partial charge >= 0.3 is 11.9 Å². The summed E-state index contributed by atoms with van der Waals surface area (Å²) in [5, 5.41) is 16.0. The monoisotopic (exact) mass is 525 g/mol. The van der Waals surface area contributed by atoms with E-state index in [4.69, 9.17) is 27.4 Å². The lowest BCUT2D eigenvalue weighted by Crippen LogP contribution is -2.30. The number of methoxy groups -OCH3 is 1. The molecule has 0 aliphatic rings. The molecule has 0 heterocycles. The number of carboxylic acids is 2.